The molecule has 1 N–H and O–H groups in total. The maximum atomic E-state index is 13.7. The van der Waals surface area contributed by atoms with Crippen molar-refractivity contribution in [3.8, 4) is 0 Å². The van der Waals surface area contributed by atoms with E-state index in [2.05, 4.69) is 5.32 Å². The van der Waals surface area contributed by atoms with Gasteiger partial charge in [-0.25, -0.2) is 8.78 Å². The quantitative estimate of drug-likeness (QED) is 0.657. The van der Waals surface area contributed by atoms with Crippen LogP contribution in [-0.4, -0.2) is 4.92 Å². The second-order valence-electron chi connectivity index (χ2n) is 4.46. The van der Waals surface area contributed by atoms with Crippen molar-refractivity contribution in [2.75, 3.05) is 5.32 Å². The average Bonchev–Trinajstić information content (AvgIpc) is 2.42. The first-order chi connectivity index (χ1) is 9.88. The number of halogens is 3. The fraction of sp³-hybridized carbons (Fsp3) is 0.143. The number of nitro groups is 1. The average molecular weight is 313 g/mol. The number of non-ortho nitro benzene ring substituents is 1. The Bertz CT molecular complexity index is 671. The molecule has 0 heterocycles. The maximum absolute atomic E-state index is 13.7. The predicted octanol–water partition coefficient (Wildman–Crippen LogP) is 4.70. The molecule has 0 fully saturated rings. The lowest BCUT2D eigenvalue weighted by atomic mass is 10.1. The van der Waals surface area contributed by atoms with Gasteiger partial charge in [0.25, 0.3) is 5.69 Å². The predicted molar refractivity (Wildman–Crippen MR) is 76.5 cm³/mol. The smallest absolute Gasteiger partial charge is 0.269 e. The molecule has 0 amide bonds. The number of nitrogens with zero attached hydrogens (tertiary/aromatic N) is 1. The van der Waals surface area contributed by atoms with Gasteiger partial charge in [-0.3, -0.25) is 10.1 Å². The van der Waals surface area contributed by atoms with Crippen molar-refractivity contribution >= 4 is 23.0 Å². The monoisotopic (exact) mass is 312 g/mol. The molecule has 0 spiro atoms. The van der Waals surface area contributed by atoms with Gasteiger partial charge in [0.15, 0.2) is 5.82 Å². The summed E-state index contributed by atoms with van der Waals surface area (Å²) in [5.41, 5.74) is 0.480. The lowest BCUT2D eigenvalue weighted by Gasteiger charge is -2.17. The van der Waals surface area contributed by atoms with Crippen LogP contribution in [0.5, 0.6) is 0 Å². The van der Waals surface area contributed by atoms with E-state index in [0.29, 0.717) is 11.6 Å². The lowest BCUT2D eigenvalue weighted by molar-refractivity contribution is -0.384. The van der Waals surface area contributed by atoms with E-state index in [0.717, 1.165) is 6.07 Å². The first-order valence-corrected chi connectivity index (χ1v) is 6.41. The van der Waals surface area contributed by atoms with E-state index < -0.39 is 22.6 Å². The number of hydrogen-bond acceptors (Lipinski definition) is 3. The molecule has 0 saturated heterocycles. The van der Waals surface area contributed by atoms with Crippen molar-refractivity contribution in [1.29, 1.82) is 0 Å². The topological polar surface area (TPSA) is 55.2 Å². The number of anilines is 1. The summed E-state index contributed by atoms with van der Waals surface area (Å²) in [6.45, 7) is 1.69. The Morgan fingerprint density at radius 2 is 2.00 bits per heavy atom. The van der Waals surface area contributed by atoms with Crippen molar-refractivity contribution in [2.24, 2.45) is 0 Å². The van der Waals surface area contributed by atoms with Crippen molar-refractivity contribution in [1.82, 2.24) is 0 Å². The summed E-state index contributed by atoms with van der Waals surface area (Å²) in [7, 11) is 0. The Balaban J connectivity index is 2.28. The van der Waals surface area contributed by atoms with Gasteiger partial charge in [0, 0.05) is 24.2 Å². The summed E-state index contributed by atoms with van der Waals surface area (Å²) < 4.78 is 26.7. The molecular formula is C14H11ClF2N2O2. The summed E-state index contributed by atoms with van der Waals surface area (Å²) in [4.78, 5) is 10.2. The highest BCUT2D eigenvalue weighted by Crippen LogP contribution is 2.30. The van der Waals surface area contributed by atoms with E-state index in [-0.39, 0.29) is 16.4 Å². The van der Waals surface area contributed by atoms with Gasteiger partial charge in [-0.1, -0.05) is 23.7 Å². The molecule has 0 bridgehead atoms. The molecule has 7 heteroatoms. The van der Waals surface area contributed by atoms with Crippen molar-refractivity contribution in [3.05, 3.63) is 68.7 Å². The second kappa shape index (κ2) is 6.05. The first kappa shape index (κ1) is 15.2. The highest BCUT2D eigenvalue weighted by atomic mass is 35.5. The van der Waals surface area contributed by atoms with Crippen LogP contribution in [0.1, 0.15) is 18.5 Å². The van der Waals surface area contributed by atoms with Gasteiger partial charge in [-0.2, -0.15) is 0 Å². The summed E-state index contributed by atoms with van der Waals surface area (Å²) in [5.74, 6) is -1.59. The van der Waals surface area contributed by atoms with Crippen LogP contribution >= 0.6 is 11.6 Å². The second-order valence-corrected chi connectivity index (χ2v) is 4.87. The van der Waals surface area contributed by atoms with Gasteiger partial charge >= 0.3 is 0 Å². The number of rotatable bonds is 4. The SMILES string of the molecule is CC(Nc1c(F)cc(F)cc1Cl)c1cccc([N+](=O)[O-])c1. The third kappa shape index (κ3) is 3.46. The van der Waals surface area contributed by atoms with Gasteiger partial charge in [0.05, 0.1) is 15.6 Å². The van der Waals surface area contributed by atoms with Gasteiger partial charge in [-0.05, 0) is 18.6 Å². The normalized spacial score (nSPS) is 12.0. The summed E-state index contributed by atoms with van der Waals surface area (Å²) in [6, 6.07) is 7.21. The molecule has 110 valence electrons. The molecule has 0 aliphatic rings. The summed E-state index contributed by atoms with van der Waals surface area (Å²) in [5, 5.41) is 13.4. The number of hydrogen-bond donors (Lipinski definition) is 1. The van der Waals surface area contributed by atoms with Gasteiger partial charge in [0.2, 0.25) is 0 Å². The van der Waals surface area contributed by atoms with Crippen LogP contribution in [0.15, 0.2) is 36.4 Å². The number of benzene rings is 2. The van der Waals surface area contributed by atoms with E-state index in [4.69, 9.17) is 11.6 Å². The van der Waals surface area contributed by atoms with Crippen molar-refractivity contribution in [3.63, 3.8) is 0 Å². The van der Waals surface area contributed by atoms with Crippen molar-refractivity contribution < 1.29 is 13.7 Å². The van der Waals surface area contributed by atoms with Crippen LogP contribution in [0.25, 0.3) is 0 Å². The molecular weight excluding hydrogens is 302 g/mol. The van der Waals surface area contributed by atoms with Crippen molar-refractivity contribution in [2.45, 2.75) is 13.0 Å². The van der Waals surface area contributed by atoms with Crippen LogP contribution in [0, 0.1) is 21.7 Å². The Labute approximate surface area is 124 Å². The molecule has 2 aromatic carbocycles. The van der Waals surface area contributed by atoms with Crippen LogP contribution in [0.2, 0.25) is 5.02 Å². The van der Waals surface area contributed by atoms with Crippen LogP contribution < -0.4 is 5.32 Å². The lowest BCUT2D eigenvalue weighted by Crippen LogP contribution is -2.09. The molecule has 2 aromatic rings. The third-order valence-corrected chi connectivity index (χ3v) is 3.25. The van der Waals surface area contributed by atoms with Crippen LogP contribution in [0.3, 0.4) is 0 Å². The van der Waals surface area contributed by atoms with E-state index >= 15 is 0 Å². The Kier molecular flexibility index (Phi) is 4.37. The summed E-state index contributed by atoms with van der Waals surface area (Å²) in [6.07, 6.45) is 0. The summed E-state index contributed by atoms with van der Waals surface area (Å²) >= 11 is 5.80. The van der Waals surface area contributed by atoms with E-state index in [1.807, 2.05) is 0 Å². The molecule has 0 aromatic heterocycles. The third-order valence-electron chi connectivity index (χ3n) is 2.95. The highest BCUT2D eigenvalue weighted by Gasteiger charge is 2.15. The first-order valence-electron chi connectivity index (χ1n) is 6.04. The largest absolute Gasteiger partial charge is 0.375 e. The highest BCUT2D eigenvalue weighted by molar-refractivity contribution is 6.33. The molecule has 21 heavy (non-hydrogen) atoms. The minimum absolute atomic E-state index is 0.0444. The van der Waals surface area contributed by atoms with Gasteiger partial charge < -0.3 is 5.32 Å². The Morgan fingerprint density at radius 1 is 1.29 bits per heavy atom. The molecule has 4 nitrogen and oxygen atoms in total. The zero-order chi connectivity index (χ0) is 15.6. The van der Waals surface area contributed by atoms with Crippen LogP contribution in [0.4, 0.5) is 20.2 Å². The number of nitro benzene ring substituents is 1. The minimum atomic E-state index is -0.822. The zero-order valence-electron chi connectivity index (χ0n) is 10.9. The fourth-order valence-corrected chi connectivity index (χ4v) is 2.14. The zero-order valence-corrected chi connectivity index (χ0v) is 11.7. The maximum Gasteiger partial charge on any atom is 0.269 e. The number of nitrogens with one attached hydrogen (secondary N) is 1. The van der Waals surface area contributed by atoms with Gasteiger partial charge in [0.1, 0.15) is 5.82 Å². The molecule has 1 atom stereocenters. The van der Waals surface area contributed by atoms with Gasteiger partial charge in [-0.15, -0.1) is 0 Å². The van der Waals surface area contributed by atoms with E-state index in [1.54, 1.807) is 13.0 Å². The molecule has 0 radical (unpaired) electrons. The van der Waals surface area contributed by atoms with E-state index in [9.17, 15) is 18.9 Å². The van der Waals surface area contributed by atoms with Crippen LogP contribution in [-0.2, 0) is 0 Å². The molecule has 0 saturated carbocycles. The van der Waals surface area contributed by atoms with E-state index in [1.165, 1.54) is 18.2 Å². The standard InChI is InChI=1S/C14H11ClF2N2O2/c1-8(9-3-2-4-11(5-9)19(20)21)18-14-12(15)6-10(16)7-13(14)17/h2-8,18H,1H3. The Hall–Kier alpha value is -2.21. The molecule has 2 rings (SSSR count). The Morgan fingerprint density at radius 3 is 2.62 bits per heavy atom. The molecule has 1 unspecified atom stereocenters. The minimum Gasteiger partial charge on any atom is -0.375 e. The fourth-order valence-electron chi connectivity index (χ4n) is 1.89. The molecule has 0 aliphatic carbocycles. The molecule has 0 aliphatic heterocycles.